The van der Waals surface area contributed by atoms with E-state index < -0.39 is 51.9 Å². The molecule has 0 bridgehead atoms. The van der Waals surface area contributed by atoms with Crippen LogP contribution in [0.3, 0.4) is 0 Å². The Morgan fingerprint density at radius 2 is 1.29 bits per heavy atom. The quantitative estimate of drug-likeness (QED) is 0.210. The highest BCUT2D eigenvalue weighted by molar-refractivity contribution is 5.66. The van der Waals surface area contributed by atoms with Crippen molar-refractivity contribution in [1.29, 1.82) is 0 Å². The molecule has 2 atom stereocenters. The van der Waals surface area contributed by atoms with E-state index in [2.05, 4.69) is 0 Å². The predicted octanol–water partition coefficient (Wildman–Crippen LogP) is 10.3. The van der Waals surface area contributed by atoms with Crippen LogP contribution in [0.4, 0.5) is 30.7 Å². The molecule has 0 radical (unpaired) electrons. The number of rotatable bonds is 6. The number of hydrogen-bond donors (Lipinski definition) is 0. The van der Waals surface area contributed by atoms with Crippen molar-refractivity contribution in [1.82, 2.24) is 0 Å². The first-order valence-electron chi connectivity index (χ1n) is 14.1. The van der Waals surface area contributed by atoms with Gasteiger partial charge >= 0.3 is 0 Å². The fourth-order valence-electron chi connectivity index (χ4n) is 6.25. The van der Waals surface area contributed by atoms with Crippen LogP contribution < -0.4 is 0 Å². The molecule has 8 heteroatoms. The van der Waals surface area contributed by atoms with Crippen LogP contribution in [-0.2, 0) is 4.74 Å². The molecule has 2 fully saturated rings. The molecule has 218 valence electrons. The average molecular weight is 577 g/mol. The van der Waals surface area contributed by atoms with Crippen LogP contribution in [-0.4, -0.2) is 12.7 Å². The van der Waals surface area contributed by atoms with Gasteiger partial charge in [0, 0.05) is 11.5 Å². The predicted molar refractivity (Wildman–Crippen MR) is 144 cm³/mol. The van der Waals surface area contributed by atoms with Crippen molar-refractivity contribution in [3.8, 4) is 11.1 Å². The Balaban J connectivity index is 1.17. The summed E-state index contributed by atoms with van der Waals surface area (Å²) >= 11 is 0. The third-order valence-corrected chi connectivity index (χ3v) is 8.60. The SMILES string of the molecule is CCC(F)=C(F)c1ccc(C2CCC(C3CCC(c4cc(F)c(-c5cc(F)c(F)c(F)c5)c(F)c4)CC3)OC2)cc1. The average Bonchev–Trinajstić information content (AvgIpc) is 2.99. The zero-order valence-electron chi connectivity index (χ0n) is 22.6. The van der Waals surface area contributed by atoms with Crippen molar-refractivity contribution in [3.05, 3.63) is 100 Å². The second-order valence-electron chi connectivity index (χ2n) is 11.1. The monoisotopic (exact) mass is 576 g/mol. The Kier molecular flexibility index (Phi) is 8.88. The van der Waals surface area contributed by atoms with Gasteiger partial charge in [0.2, 0.25) is 0 Å². The van der Waals surface area contributed by atoms with Crippen molar-refractivity contribution in [2.24, 2.45) is 5.92 Å². The van der Waals surface area contributed by atoms with E-state index in [4.69, 9.17) is 4.74 Å². The Labute approximate surface area is 235 Å². The molecule has 1 nitrogen and oxygen atoms in total. The Morgan fingerprint density at radius 1 is 0.707 bits per heavy atom. The number of hydrogen-bond acceptors (Lipinski definition) is 1. The minimum Gasteiger partial charge on any atom is -0.377 e. The summed E-state index contributed by atoms with van der Waals surface area (Å²) in [5.74, 6) is -7.76. The van der Waals surface area contributed by atoms with Gasteiger partial charge in [0.15, 0.2) is 23.3 Å². The van der Waals surface area contributed by atoms with Gasteiger partial charge in [-0.15, -0.1) is 0 Å². The summed E-state index contributed by atoms with van der Waals surface area (Å²) in [5.41, 5.74) is 0.759. The number of halogens is 7. The molecule has 1 aliphatic heterocycles. The van der Waals surface area contributed by atoms with Gasteiger partial charge < -0.3 is 4.74 Å². The van der Waals surface area contributed by atoms with Crippen LogP contribution in [0, 0.1) is 35.0 Å². The Morgan fingerprint density at radius 3 is 1.83 bits per heavy atom. The largest absolute Gasteiger partial charge is 0.377 e. The van der Waals surface area contributed by atoms with E-state index in [9.17, 15) is 30.7 Å². The molecule has 5 rings (SSSR count). The van der Waals surface area contributed by atoms with Crippen LogP contribution >= 0.6 is 0 Å². The maximum absolute atomic E-state index is 14.9. The molecule has 41 heavy (non-hydrogen) atoms. The van der Waals surface area contributed by atoms with Crippen LogP contribution in [0.1, 0.15) is 80.4 Å². The van der Waals surface area contributed by atoms with Gasteiger partial charge in [0.05, 0.1) is 18.3 Å². The summed E-state index contributed by atoms with van der Waals surface area (Å²) in [6.07, 6.45) is 4.99. The summed E-state index contributed by atoms with van der Waals surface area (Å²) in [7, 11) is 0. The molecule has 2 aliphatic rings. The Bertz CT molecular complexity index is 1370. The zero-order valence-corrected chi connectivity index (χ0v) is 22.6. The first-order valence-corrected chi connectivity index (χ1v) is 14.1. The van der Waals surface area contributed by atoms with Crippen molar-refractivity contribution >= 4 is 5.83 Å². The lowest BCUT2D eigenvalue weighted by Gasteiger charge is -2.38. The standard InChI is InChI=1S/C33H31F7O/c1-2-25(34)32(39)21-9-5-18(6-10-21)22-11-12-30(41-17-22)20-7-3-19(4-8-20)23-13-26(35)31(27(36)14-23)24-15-28(37)33(40)29(38)16-24/h5-6,9-10,13-16,19-20,22,30H,2-4,7-8,11-12,17H2,1H3. The molecule has 0 spiro atoms. The number of benzene rings is 3. The maximum atomic E-state index is 14.9. The zero-order chi connectivity index (χ0) is 29.3. The second kappa shape index (κ2) is 12.4. The summed E-state index contributed by atoms with van der Waals surface area (Å²) in [6.45, 7) is 2.10. The Hall–Kier alpha value is -3.13. The molecular formula is C33H31F7O. The molecule has 0 aromatic heterocycles. The third kappa shape index (κ3) is 6.22. The molecule has 3 aromatic rings. The smallest absolute Gasteiger partial charge is 0.194 e. The van der Waals surface area contributed by atoms with Gasteiger partial charge in [-0.3, -0.25) is 0 Å². The normalized spacial score (nSPS) is 23.8. The van der Waals surface area contributed by atoms with Crippen LogP contribution in [0.5, 0.6) is 0 Å². The molecule has 1 heterocycles. The molecule has 2 unspecified atom stereocenters. The lowest BCUT2D eigenvalue weighted by atomic mass is 9.74. The minimum absolute atomic E-state index is 0.00947. The van der Waals surface area contributed by atoms with Gasteiger partial charge in [-0.05, 0) is 97.7 Å². The van der Waals surface area contributed by atoms with E-state index in [0.29, 0.717) is 30.2 Å². The molecule has 0 N–H and O–H groups in total. The van der Waals surface area contributed by atoms with E-state index in [-0.39, 0.29) is 29.9 Å². The van der Waals surface area contributed by atoms with Crippen molar-refractivity contribution in [3.63, 3.8) is 0 Å². The number of allylic oxidation sites excluding steroid dienone is 1. The molecule has 1 saturated carbocycles. The van der Waals surface area contributed by atoms with Gasteiger partial charge in [-0.25, -0.2) is 30.7 Å². The lowest BCUT2D eigenvalue weighted by molar-refractivity contribution is -0.0411. The van der Waals surface area contributed by atoms with E-state index in [1.54, 1.807) is 19.1 Å². The molecule has 3 aromatic carbocycles. The van der Waals surface area contributed by atoms with E-state index in [1.807, 2.05) is 12.1 Å². The second-order valence-corrected chi connectivity index (χ2v) is 11.1. The fraction of sp³-hybridized carbons (Fsp3) is 0.394. The number of ether oxygens (including phenoxy) is 1. The van der Waals surface area contributed by atoms with Crippen molar-refractivity contribution in [2.75, 3.05) is 6.61 Å². The summed E-state index contributed by atoms with van der Waals surface area (Å²) < 4.78 is 104. The first kappa shape index (κ1) is 29.4. The molecular weight excluding hydrogens is 545 g/mol. The maximum Gasteiger partial charge on any atom is 0.194 e. The van der Waals surface area contributed by atoms with Crippen molar-refractivity contribution in [2.45, 2.75) is 69.8 Å². The van der Waals surface area contributed by atoms with Gasteiger partial charge in [-0.1, -0.05) is 31.2 Å². The summed E-state index contributed by atoms with van der Waals surface area (Å²) in [5, 5.41) is 0. The fourth-order valence-corrected chi connectivity index (χ4v) is 6.25. The van der Waals surface area contributed by atoms with Gasteiger partial charge in [0.25, 0.3) is 0 Å². The van der Waals surface area contributed by atoms with Gasteiger partial charge in [-0.2, -0.15) is 0 Å². The van der Waals surface area contributed by atoms with Crippen LogP contribution in [0.2, 0.25) is 0 Å². The highest BCUT2D eigenvalue weighted by Crippen LogP contribution is 2.42. The summed E-state index contributed by atoms with van der Waals surface area (Å²) in [4.78, 5) is 0. The van der Waals surface area contributed by atoms with Crippen molar-refractivity contribution < 1.29 is 35.5 Å². The highest BCUT2D eigenvalue weighted by atomic mass is 19.2. The van der Waals surface area contributed by atoms with E-state index >= 15 is 0 Å². The topological polar surface area (TPSA) is 9.23 Å². The van der Waals surface area contributed by atoms with Crippen LogP contribution in [0.25, 0.3) is 17.0 Å². The highest BCUT2D eigenvalue weighted by Gasteiger charge is 2.33. The third-order valence-electron chi connectivity index (χ3n) is 8.60. The molecule has 1 saturated heterocycles. The van der Waals surface area contributed by atoms with Gasteiger partial charge in [0.1, 0.15) is 17.5 Å². The van der Waals surface area contributed by atoms with E-state index in [0.717, 1.165) is 44.1 Å². The molecule has 1 aliphatic carbocycles. The summed E-state index contributed by atoms with van der Waals surface area (Å²) in [6, 6.07) is 10.4. The lowest BCUT2D eigenvalue weighted by Crippen LogP contribution is -2.33. The molecule has 0 amide bonds. The van der Waals surface area contributed by atoms with E-state index in [1.165, 1.54) is 12.1 Å². The minimum atomic E-state index is -1.69. The first-order chi connectivity index (χ1) is 19.7. The van der Waals surface area contributed by atoms with Crippen LogP contribution in [0.15, 0.2) is 54.4 Å².